The number of hydrogen-bond donors (Lipinski definition) is 4. The van der Waals surface area contributed by atoms with Crippen LogP contribution in [0.15, 0.2) is 77.0 Å². The summed E-state index contributed by atoms with van der Waals surface area (Å²) in [5, 5.41) is 19.9. The van der Waals surface area contributed by atoms with Gasteiger partial charge in [0.15, 0.2) is 29.2 Å². The Morgan fingerprint density at radius 3 is 2.43 bits per heavy atom. The summed E-state index contributed by atoms with van der Waals surface area (Å²) >= 11 is 0. The highest BCUT2D eigenvalue weighted by Crippen LogP contribution is 2.35. The van der Waals surface area contributed by atoms with Gasteiger partial charge in [0.05, 0.1) is 38.2 Å². The molecule has 12 nitrogen and oxygen atoms in total. The molecule has 0 bridgehead atoms. The molecule has 1 aliphatic rings. The Kier molecular flexibility index (Phi) is 11.8. The molecule has 46 heavy (non-hydrogen) atoms. The number of halogens is 1. The Labute approximate surface area is 266 Å². The molecular formula is C33H37FN4O8. The van der Waals surface area contributed by atoms with E-state index in [1.54, 1.807) is 62.4 Å². The van der Waals surface area contributed by atoms with E-state index in [2.05, 4.69) is 21.2 Å². The minimum atomic E-state index is -1.18. The molecule has 13 heteroatoms. The molecule has 244 valence electrons. The zero-order valence-electron chi connectivity index (χ0n) is 26.0. The number of hydrogen-bond acceptors (Lipinski definition) is 10. The maximum atomic E-state index is 13.5. The van der Waals surface area contributed by atoms with Gasteiger partial charge in [0.25, 0.3) is 0 Å². The predicted molar refractivity (Wildman–Crippen MR) is 167 cm³/mol. The molecular weight excluding hydrogens is 599 g/mol. The third-order valence-electron chi connectivity index (χ3n) is 6.66. The number of amides is 2. The van der Waals surface area contributed by atoms with Crippen molar-refractivity contribution in [2.45, 2.75) is 39.6 Å². The molecule has 4 rings (SSSR count). The van der Waals surface area contributed by atoms with E-state index in [4.69, 9.17) is 23.7 Å². The first-order valence-corrected chi connectivity index (χ1v) is 14.6. The van der Waals surface area contributed by atoms with Crippen LogP contribution >= 0.6 is 0 Å². The standard InChI is InChI=1S/C33H37FN4O8/c1-5-43-27-15-21(10-12-25(27)45-18-22-8-7-9-24(34)14-22)17-35-38-29(39)19-46-26-13-11-23(16-28(26)44-6-2)31-30(32(40)42-4)20(3)36-33(41)37-31/h7-17,29,31,38-39H,5-6,18-19H2,1-4H3,(H2,36,37,41)/b35-17-/t29-,31-/m1/s1. The fourth-order valence-electron chi connectivity index (χ4n) is 4.60. The highest BCUT2D eigenvalue weighted by atomic mass is 19.1. The molecule has 0 spiro atoms. The Balaban J connectivity index is 1.37. The maximum Gasteiger partial charge on any atom is 0.337 e. The highest BCUT2D eigenvalue weighted by molar-refractivity contribution is 5.95. The highest BCUT2D eigenvalue weighted by Gasteiger charge is 2.32. The van der Waals surface area contributed by atoms with Crippen molar-refractivity contribution in [3.63, 3.8) is 0 Å². The summed E-state index contributed by atoms with van der Waals surface area (Å²) in [6.07, 6.45) is 0.329. The van der Waals surface area contributed by atoms with Gasteiger partial charge in [0, 0.05) is 5.70 Å². The molecule has 2 atom stereocenters. The lowest BCUT2D eigenvalue weighted by molar-refractivity contribution is -0.136. The van der Waals surface area contributed by atoms with Gasteiger partial charge in [0.1, 0.15) is 19.0 Å². The van der Waals surface area contributed by atoms with E-state index >= 15 is 0 Å². The van der Waals surface area contributed by atoms with Crippen LogP contribution in [0.5, 0.6) is 23.0 Å². The van der Waals surface area contributed by atoms with E-state index in [0.29, 0.717) is 58.6 Å². The Morgan fingerprint density at radius 2 is 1.72 bits per heavy atom. The summed E-state index contributed by atoms with van der Waals surface area (Å²) in [5.74, 6) is 0.766. The molecule has 0 fully saturated rings. The normalized spacial score (nSPS) is 15.1. The second kappa shape index (κ2) is 16.1. The predicted octanol–water partition coefficient (Wildman–Crippen LogP) is 4.32. The monoisotopic (exact) mass is 636 g/mol. The first-order chi connectivity index (χ1) is 22.2. The fourth-order valence-corrected chi connectivity index (χ4v) is 4.60. The van der Waals surface area contributed by atoms with Crippen molar-refractivity contribution in [2.24, 2.45) is 5.10 Å². The van der Waals surface area contributed by atoms with Crippen molar-refractivity contribution in [2.75, 3.05) is 26.9 Å². The number of esters is 1. The second-order valence-corrected chi connectivity index (χ2v) is 9.97. The average Bonchev–Trinajstić information content (AvgIpc) is 3.03. The van der Waals surface area contributed by atoms with Gasteiger partial charge in [-0.05, 0) is 79.9 Å². The van der Waals surface area contributed by atoms with Gasteiger partial charge in [-0.3, -0.25) is 5.43 Å². The third kappa shape index (κ3) is 8.88. The molecule has 0 radical (unpaired) electrons. The van der Waals surface area contributed by atoms with Gasteiger partial charge in [-0.15, -0.1) is 0 Å². The number of ether oxygens (including phenoxy) is 5. The van der Waals surface area contributed by atoms with Crippen LogP contribution in [-0.4, -0.2) is 56.5 Å². The van der Waals surface area contributed by atoms with Crippen LogP contribution < -0.4 is 35.0 Å². The Bertz CT molecular complexity index is 1600. The summed E-state index contributed by atoms with van der Waals surface area (Å²) in [7, 11) is 1.27. The zero-order valence-corrected chi connectivity index (χ0v) is 26.0. The lowest BCUT2D eigenvalue weighted by Gasteiger charge is -2.28. The topological polar surface area (TPSA) is 149 Å². The van der Waals surface area contributed by atoms with Gasteiger partial charge >= 0.3 is 12.0 Å². The van der Waals surface area contributed by atoms with E-state index in [0.717, 1.165) is 0 Å². The van der Waals surface area contributed by atoms with Crippen LogP contribution in [0.4, 0.5) is 9.18 Å². The first kappa shape index (κ1) is 33.6. The van der Waals surface area contributed by atoms with Gasteiger partial charge in [-0.2, -0.15) is 5.10 Å². The van der Waals surface area contributed by atoms with Crippen molar-refractivity contribution < 1.29 is 42.8 Å². The molecule has 0 saturated heterocycles. The largest absolute Gasteiger partial charge is 0.490 e. The number of nitrogens with zero attached hydrogens (tertiary/aromatic N) is 1. The number of rotatable bonds is 15. The number of carbonyl (C=O) groups is 2. The number of hydrazone groups is 1. The number of aliphatic hydroxyl groups is 1. The quantitative estimate of drug-likeness (QED) is 0.0828. The zero-order chi connectivity index (χ0) is 33.1. The minimum absolute atomic E-state index is 0.173. The van der Waals surface area contributed by atoms with Crippen LogP contribution in [0.3, 0.4) is 0 Å². The van der Waals surface area contributed by atoms with E-state index in [9.17, 15) is 19.1 Å². The lowest BCUT2D eigenvalue weighted by Crippen LogP contribution is -2.45. The van der Waals surface area contributed by atoms with Crippen LogP contribution in [0.25, 0.3) is 0 Å². The molecule has 3 aromatic rings. The molecule has 3 aromatic carbocycles. The second-order valence-electron chi connectivity index (χ2n) is 9.97. The molecule has 2 amide bonds. The first-order valence-electron chi connectivity index (χ1n) is 14.6. The average molecular weight is 637 g/mol. The van der Waals surface area contributed by atoms with Gasteiger partial charge < -0.3 is 39.4 Å². The molecule has 4 N–H and O–H groups in total. The molecule has 0 aromatic heterocycles. The van der Waals surface area contributed by atoms with E-state index in [-0.39, 0.29) is 24.6 Å². The molecule has 1 aliphatic heterocycles. The maximum absolute atomic E-state index is 13.5. The smallest absolute Gasteiger partial charge is 0.337 e. The summed E-state index contributed by atoms with van der Waals surface area (Å²) < 4.78 is 41.5. The van der Waals surface area contributed by atoms with Crippen molar-refractivity contribution in [3.05, 3.63) is 94.4 Å². The van der Waals surface area contributed by atoms with Crippen LogP contribution in [0.1, 0.15) is 43.5 Å². The van der Waals surface area contributed by atoms with Crippen LogP contribution in [0.2, 0.25) is 0 Å². The summed E-state index contributed by atoms with van der Waals surface area (Å²) in [6, 6.07) is 15.1. The van der Waals surface area contributed by atoms with Crippen LogP contribution in [-0.2, 0) is 16.1 Å². The van der Waals surface area contributed by atoms with Crippen molar-refractivity contribution in [1.82, 2.24) is 16.1 Å². The van der Waals surface area contributed by atoms with Crippen LogP contribution in [0, 0.1) is 5.82 Å². The van der Waals surface area contributed by atoms with Crippen molar-refractivity contribution >= 4 is 18.2 Å². The molecule has 1 heterocycles. The number of benzene rings is 3. The van der Waals surface area contributed by atoms with Gasteiger partial charge in [-0.1, -0.05) is 18.2 Å². The number of nitrogens with one attached hydrogen (secondary N) is 3. The van der Waals surface area contributed by atoms with E-state index in [1.807, 2.05) is 6.92 Å². The summed E-state index contributed by atoms with van der Waals surface area (Å²) in [5.41, 5.74) is 5.19. The Hall–Kier alpha value is -5.30. The molecule has 0 unspecified atom stereocenters. The van der Waals surface area contributed by atoms with Crippen molar-refractivity contribution in [1.29, 1.82) is 0 Å². The fraction of sp³-hybridized carbons (Fsp3) is 0.303. The van der Waals surface area contributed by atoms with Gasteiger partial charge in [0.2, 0.25) is 0 Å². The number of carbonyl (C=O) groups excluding carboxylic acids is 2. The summed E-state index contributed by atoms with van der Waals surface area (Å²) in [4.78, 5) is 24.6. The third-order valence-corrected chi connectivity index (χ3v) is 6.66. The number of methoxy groups -OCH3 is 1. The molecule has 0 aliphatic carbocycles. The molecule has 0 saturated carbocycles. The number of urea groups is 1. The Morgan fingerprint density at radius 1 is 1.00 bits per heavy atom. The minimum Gasteiger partial charge on any atom is -0.490 e. The summed E-state index contributed by atoms with van der Waals surface area (Å²) in [6.45, 7) is 6.00. The lowest BCUT2D eigenvalue weighted by atomic mass is 9.95. The van der Waals surface area contributed by atoms with E-state index in [1.165, 1.54) is 25.5 Å². The number of aliphatic hydroxyl groups excluding tert-OH is 1. The van der Waals surface area contributed by atoms with Crippen molar-refractivity contribution in [3.8, 4) is 23.0 Å². The van der Waals surface area contributed by atoms with E-state index < -0.39 is 24.3 Å². The SMILES string of the molecule is CCOc1cc(/C=N\N[C@H](O)COc2ccc([C@H]3NC(=O)NC(C)=C3C(=O)OC)cc2OCC)ccc1OCc1cccc(F)c1. The van der Waals surface area contributed by atoms with Gasteiger partial charge in [-0.25, -0.2) is 14.0 Å². The number of allylic oxidation sites excluding steroid dienone is 1.